The zero-order valence-corrected chi connectivity index (χ0v) is 9.39. The van der Waals surface area contributed by atoms with Crippen molar-refractivity contribution in [2.24, 2.45) is 5.92 Å². The molecule has 0 spiro atoms. The number of hydrogen-bond acceptors (Lipinski definition) is 3. The van der Waals surface area contributed by atoms with Gasteiger partial charge in [0.15, 0.2) is 0 Å². The number of rotatable bonds is 4. The highest BCUT2D eigenvalue weighted by atomic mass is 16.3. The molecule has 3 N–H and O–H groups in total. The van der Waals surface area contributed by atoms with E-state index in [1.807, 2.05) is 18.2 Å². The van der Waals surface area contributed by atoms with E-state index in [1.54, 1.807) is 6.07 Å². The van der Waals surface area contributed by atoms with Crippen LogP contribution < -0.4 is 5.32 Å². The summed E-state index contributed by atoms with van der Waals surface area (Å²) >= 11 is 0. The fourth-order valence-electron chi connectivity index (χ4n) is 2.43. The van der Waals surface area contributed by atoms with Crippen molar-refractivity contribution < 1.29 is 10.2 Å². The van der Waals surface area contributed by atoms with Crippen LogP contribution in [-0.4, -0.2) is 22.9 Å². The quantitative estimate of drug-likeness (QED) is 0.724. The van der Waals surface area contributed by atoms with Crippen molar-refractivity contribution in [3.05, 3.63) is 29.8 Å². The summed E-state index contributed by atoms with van der Waals surface area (Å²) in [5.41, 5.74) is 0.922. The maximum atomic E-state index is 9.62. The highest BCUT2D eigenvalue weighted by Crippen LogP contribution is 2.26. The van der Waals surface area contributed by atoms with Gasteiger partial charge in [-0.2, -0.15) is 0 Å². The van der Waals surface area contributed by atoms with Crippen molar-refractivity contribution in [1.29, 1.82) is 0 Å². The summed E-state index contributed by atoms with van der Waals surface area (Å²) in [7, 11) is 0. The van der Waals surface area contributed by atoms with Crippen LogP contribution >= 0.6 is 0 Å². The first-order valence-corrected chi connectivity index (χ1v) is 5.92. The first-order chi connectivity index (χ1) is 7.81. The predicted octanol–water partition coefficient (Wildman–Crippen LogP) is 1.64. The highest BCUT2D eigenvalue weighted by Gasteiger charge is 2.25. The van der Waals surface area contributed by atoms with Gasteiger partial charge < -0.3 is 15.5 Å². The molecule has 0 aliphatic heterocycles. The average Bonchev–Trinajstić information content (AvgIpc) is 2.75. The van der Waals surface area contributed by atoms with Crippen LogP contribution in [0.25, 0.3) is 0 Å². The van der Waals surface area contributed by atoms with Gasteiger partial charge in [0, 0.05) is 24.8 Å². The van der Waals surface area contributed by atoms with Crippen LogP contribution in [0.4, 0.5) is 0 Å². The third-order valence-corrected chi connectivity index (χ3v) is 3.44. The molecule has 3 nitrogen and oxygen atoms in total. The first-order valence-electron chi connectivity index (χ1n) is 5.92. The Morgan fingerprint density at radius 3 is 2.81 bits per heavy atom. The zero-order valence-electron chi connectivity index (χ0n) is 9.39. The molecule has 3 heteroatoms. The maximum absolute atomic E-state index is 9.62. The number of phenols is 1. The van der Waals surface area contributed by atoms with Crippen molar-refractivity contribution in [3.63, 3.8) is 0 Å². The van der Waals surface area contributed by atoms with Gasteiger partial charge in [-0.1, -0.05) is 24.6 Å². The van der Waals surface area contributed by atoms with Crippen molar-refractivity contribution in [2.75, 3.05) is 6.61 Å². The van der Waals surface area contributed by atoms with E-state index >= 15 is 0 Å². The molecular weight excluding hydrogens is 202 g/mol. The number of benzene rings is 1. The van der Waals surface area contributed by atoms with Gasteiger partial charge in [-0.15, -0.1) is 0 Å². The van der Waals surface area contributed by atoms with Crippen LogP contribution in [-0.2, 0) is 6.54 Å². The fourth-order valence-corrected chi connectivity index (χ4v) is 2.43. The van der Waals surface area contributed by atoms with E-state index in [4.69, 9.17) is 0 Å². The number of nitrogens with one attached hydrogen (secondary N) is 1. The highest BCUT2D eigenvalue weighted by molar-refractivity contribution is 5.31. The minimum atomic E-state index is 0.262. The summed E-state index contributed by atoms with van der Waals surface area (Å²) in [5, 5.41) is 22.2. The normalized spacial score (nSPS) is 24.8. The van der Waals surface area contributed by atoms with Crippen molar-refractivity contribution >= 4 is 0 Å². The second-order valence-electron chi connectivity index (χ2n) is 4.49. The van der Waals surface area contributed by atoms with Gasteiger partial charge >= 0.3 is 0 Å². The van der Waals surface area contributed by atoms with E-state index in [9.17, 15) is 10.2 Å². The lowest BCUT2D eigenvalue weighted by atomic mass is 10.0. The maximum Gasteiger partial charge on any atom is 0.120 e. The van der Waals surface area contributed by atoms with Gasteiger partial charge in [0.2, 0.25) is 0 Å². The Kier molecular flexibility index (Phi) is 3.80. The topological polar surface area (TPSA) is 52.5 Å². The zero-order chi connectivity index (χ0) is 11.4. The van der Waals surface area contributed by atoms with Crippen molar-refractivity contribution in [3.8, 4) is 5.75 Å². The molecule has 1 fully saturated rings. The molecule has 0 radical (unpaired) electrons. The van der Waals surface area contributed by atoms with Gasteiger partial charge in [-0.3, -0.25) is 0 Å². The van der Waals surface area contributed by atoms with Gasteiger partial charge in [-0.05, 0) is 24.8 Å². The molecule has 88 valence electrons. The molecule has 1 saturated carbocycles. The summed E-state index contributed by atoms with van der Waals surface area (Å²) in [6, 6.07) is 7.77. The lowest BCUT2D eigenvalue weighted by Crippen LogP contribution is -2.33. The summed E-state index contributed by atoms with van der Waals surface area (Å²) in [6.07, 6.45) is 3.41. The number of phenolic OH excluding ortho intramolecular Hbond substituents is 1. The Morgan fingerprint density at radius 1 is 1.25 bits per heavy atom. The van der Waals surface area contributed by atoms with Crippen molar-refractivity contribution in [2.45, 2.75) is 31.8 Å². The van der Waals surface area contributed by atoms with E-state index in [1.165, 1.54) is 6.42 Å². The minimum absolute atomic E-state index is 0.262. The van der Waals surface area contributed by atoms with Crippen LogP contribution in [0.15, 0.2) is 24.3 Å². The summed E-state index contributed by atoms with van der Waals surface area (Å²) in [5.74, 6) is 0.722. The molecule has 16 heavy (non-hydrogen) atoms. The molecule has 0 bridgehead atoms. The van der Waals surface area contributed by atoms with E-state index in [-0.39, 0.29) is 6.61 Å². The second kappa shape index (κ2) is 5.32. The molecule has 0 aromatic heterocycles. The summed E-state index contributed by atoms with van der Waals surface area (Å²) < 4.78 is 0. The number of aliphatic hydroxyl groups is 1. The van der Waals surface area contributed by atoms with Gasteiger partial charge in [0.1, 0.15) is 5.75 Å². The first kappa shape index (κ1) is 11.4. The van der Waals surface area contributed by atoms with Crippen LogP contribution in [0.3, 0.4) is 0 Å². The molecule has 0 saturated heterocycles. The summed E-state index contributed by atoms with van der Waals surface area (Å²) in [6.45, 7) is 0.937. The lowest BCUT2D eigenvalue weighted by molar-refractivity contribution is 0.205. The Hall–Kier alpha value is -1.06. The predicted molar refractivity (Wildman–Crippen MR) is 63.2 cm³/mol. The van der Waals surface area contributed by atoms with Crippen LogP contribution in [0.5, 0.6) is 5.75 Å². The Balaban J connectivity index is 1.90. The van der Waals surface area contributed by atoms with Crippen LogP contribution in [0.2, 0.25) is 0 Å². The second-order valence-corrected chi connectivity index (χ2v) is 4.49. The summed E-state index contributed by atoms with van der Waals surface area (Å²) in [4.78, 5) is 0. The average molecular weight is 221 g/mol. The largest absolute Gasteiger partial charge is 0.508 e. The van der Waals surface area contributed by atoms with Crippen molar-refractivity contribution in [1.82, 2.24) is 5.32 Å². The molecule has 1 aliphatic carbocycles. The van der Waals surface area contributed by atoms with E-state index in [2.05, 4.69) is 5.32 Å². The van der Waals surface area contributed by atoms with Gasteiger partial charge in [-0.25, -0.2) is 0 Å². The Bertz CT molecular complexity index is 340. The van der Waals surface area contributed by atoms with Crippen LogP contribution in [0.1, 0.15) is 24.8 Å². The number of para-hydroxylation sites is 1. The number of aliphatic hydroxyl groups excluding tert-OH is 1. The van der Waals surface area contributed by atoms with Gasteiger partial charge in [0.05, 0.1) is 0 Å². The molecule has 2 unspecified atom stereocenters. The fraction of sp³-hybridized carbons (Fsp3) is 0.538. The third kappa shape index (κ3) is 2.54. The molecule has 1 aromatic rings. The molecule has 1 aliphatic rings. The smallest absolute Gasteiger partial charge is 0.120 e. The number of hydrogen-bond donors (Lipinski definition) is 3. The standard InChI is InChI=1S/C13H19NO2/c15-9-11-5-3-6-12(11)14-8-10-4-1-2-7-13(10)16/h1-2,4,7,11-12,14-16H,3,5-6,8-9H2. The minimum Gasteiger partial charge on any atom is -0.508 e. The molecule has 1 aromatic carbocycles. The SMILES string of the molecule is OCC1CCCC1NCc1ccccc1O. The van der Waals surface area contributed by atoms with Gasteiger partial charge in [0.25, 0.3) is 0 Å². The lowest BCUT2D eigenvalue weighted by Gasteiger charge is -2.19. The molecule has 0 amide bonds. The Morgan fingerprint density at radius 2 is 2.06 bits per heavy atom. The molecular formula is C13H19NO2. The number of aromatic hydroxyl groups is 1. The third-order valence-electron chi connectivity index (χ3n) is 3.44. The van der Waals surface area contributed by atoms with E-state index < -0.39 is 0 Å². The Labute approximate surface area is 96.1 Å². The molecule has 2 rings (SSSR count). The molecule has 0 heterocycles. The monoisotopic (exact) mass is 221 g/mol. The van der Waals surface area contributed by atoms with Crippen LogP contribution in [0, 0.1) is 5.92 Å². The van der Waals surface area contributed by atoms with E-state index in [0.717, 1.165) is 18.4 Å². The molecule has 2 atom stereocenters. The van der Waals surface area contributed by atoms with E-state index in [0.29, 0.717) is 24.3 Å².